The van der Waals surface area contributed by atoms with Crippen molar-refractivity contribution in [1.82, 2.24) is 0 Å². The van der Waals surface area contributed by atoms with Gasteiger partial charge >= 0.3 is 0 Å². The lowest BCUT2D eigenvalue weighted by Gasteiger charge is -2.06. The molecule has 76 valence electrons. The number of rotatable bonds is 5. The first-order chi connectivity index (χ1) is 6.70. The molecule has 0 radical (unpaired) electrons. The summed E-state index contributed by atoms with van der Waals surface area (Å²) in [6.07, 6.45) is 0.241. The molecule has 0 saturated carbocycles. The number of ether oxygens (including phenoxy) is 1. The molecule has 14 heavy (non-hydrogen) atoms. The quantitative estimate of drug-likeness (QED) is 0.654. The Morgan fingerprint density at radius 1 is 1.43 bits per heavy atom. The fourth-order valence-corrected chi connectivity index (χ4v) is 0.960. The van der Waals surface area contributed by atoms with Crippen LogP contribution in [0.2, 0.25) is 0 Å². The van der Waals surface area contributed by atoms with Gasteiger partial charge in [-0.05, 0) is 25.0 Å². The van der Waals surface area contributed by atoms with Gasteiger partial charge in [-0.1, -0.05) is 12.1 Å². The van der Waals surface area contributed by atoms with E-state index in [1.54, 1.807) is 12.1 Å². The Morgan fingerprint density at radius 2 is 2.14 bits per heavy atom. The van der Waals surface area contributed by atoms with Gasteiger partial charge in [0.2, 0.25) is 0 Å². The molecular weight excluding hydrogens is 187 g/mol. The Balaban J connectivity index is 2.31. The van der Waals surface area contributed by atoms with Crippen LogP contribution in [0.15, 0.2) is 24.3 Å². The standard InChI is InChI=1S/C10H11FO3/c11-8-4-1-2-5-9(8)14-7-3-6-10(12)13/h1-2,4-5H,3,6-7H2,(H,12,13)/p-1. The van der Waals surface area contributed by atoms with Crippen LogP contribution in [0.4, 0.5) is 4.39 Å². The maximum atomic E-state index is 12.9. The topological polar surface area (TPSA) is 49.4 Å². The van der Waals surface area contributed by atoms with Crippen LogP contribution in [-0.4, -0.2) is 12.6 Å². The zero-order valence-electron chi connectivity index (χ0n) is 7.53. The minimum Gasteiger partial charge on any atom is -0.550 e. The Morgan fingerprint density at radius 3 is 2.79 bits per heavy atom. The molecule has 0 aliphatic rings. The molecule has 0 spiro atoms. The summed E-state index contributed by atoms with van der Waals surface area (Å²) in [5, 5.41) is 10.0. The summed E-state index contributed by atoms with van der Waals surface area (Å²) in [6.45, 7) is 0.176. The maximum absolute atomic E-state index is 12.9. The molecule has 0 aliphatic heterocycles. The van der Waals surface area contributed by atoms with E-state index in [2.05, 4.69) is 0 Å². The van der Waals surface area contributed by atoms with Crippen LogP contribution in [0.5, 0.6) is 5.75 Å². The molecule has 0 atom stereocenters. The number of carbonyl (C=O) groups is 1. The van der Waals surface area contributed by atoms with Crippen molar-refractivity contribution in [2.75, 3.05) is 6.61 Å². The lowest BCUT2D eigenvalue weighted by molar-refractivity contribution is -0.305. The molecule has 0 fully saturated rings. The second-order valence-electron chi connectivity index (χ2n) is 2.75. The van der Waals surface area contributed by atoms with Gasteiger partial charge in [0.1, 0.15) is 0 Å². The van der Waals surface area contributed by atoms with Crippen molar-refractivity contribution in [1.29, 1.82) is 0 Å². The molecule has 0 N–H and O–H groups in total. The number of hydrogen-bond donors (Lipinski definition) is 0. The van der Waals surface area contributed by atoms with Crippen LogP contribution >= 0.6 is 0 Å². The molecule has 0 aliphatic carbocycles. The first-order valence-corrected chi connectivity index (χ1v) is 4.27. The maximum Gasteiger partial charge on any atom is 0.165 e. The summed E-state index contributed by atoms with van der Waals surface area (Å²) in [6, 6.07) is 5.99. The number of halogens is 1. The minimum absolute atomic E-state index is 0.0749. The van der Waals surface area contributed by atoms with Crippen molar-refractivity contribution < 1.29 is 19.0 Å². The molecule has 0 unspecified atom stereocenters. The molecule has 3 nitrogen and oxygen atoms in total. The third-order valence-corrected chi connectivity index (χ3v) is 1.62. The molecule has 1 aromatic carbocycles. The van der Waals surface area contributed by atoms with Crippen molar-refractivity contribution in [3.05, 3.63) is 30.1 Å². The van der Waals surface area contributed by atoms with Crippen LogP contribution in [0.25, 0.3) is 0 Å². The fraction of sp³-hybridized carbons (Fsp3) is 0.300. The van der Waals surface area contributed by atoms with Crippen molar-refractivity contribution in [3.8, 4) is 5.75 Å². The molecular formula is C10H10FO3-. The Kier molecular flexibility index (Phi) is 3.91. The summed E-state index contributed by atoms with van der Waals surface area (Å²) in [5.74, 6) is -1.42. The molecule has 1 aromatic rings. The van der Waals surface area contributed by atoms with E-state index in [9.17, 15) is 14.3 Å². The first-order valence-electron chi connectivity index (χ1n) is 4.27. The van der Waals surface area contributed by atoms with Gasteiger partial charge in [-0.3, -0.25) is 0 Å². The summed E-state index contributed by atoms with van der Waals surface area (Å²) in [4.78, 5) is 10.0. The smallest absolute Gasteiger partial charge is 0.165 e. The number of carboxylic acid groups (broad SMARTS) is 1. The van der Waals surface area contributed by atoms with Gasteiger partial charge in [0.15, 0.2) is 11.6 Å². The lowest BCUT2D eigenvalue weighted by atomic mass is 10.3. The highest BCUT2D eigenvalue weighted by Gasteiger charge is 2.00. The van der Waals surface area contributed by atoms with Gasteiger partial charge in [0, 0.05) is 5.97 Å². The van der Waals surface area contributed by atoms with E-state index in [4.69, 9.17) is 4.74 Å². The highest BCUT2D eigenvalue weighted by molar-refractivity contribution is 5.64. The third kappa shape index (κ3) is 3.43. The van der Waals surface area contributed by atoms with E-state index in [1.807, 2.05) is 0 Å². The number of aliphatic carboxylic acids is 1. The minimum atomic E-state index is -1.12. The largest absolute Gasteiger partial charge is 0.550 e. The van der Waals surface area contributed by atoms with Crippen LogP contribution in [0, 0.1) is 5.82 Å². The molecule has 0 heterocycles. The van der Waals surface area contributed by atoms with Gasteiger partial charge in [-0.15, -0.1) is 0 Å². The molecule has 0 bridgehead atoms. The lowest BCUT2D eigenvalue weighted by Crippen LogP contribution is -2.22. The van der Waals surface area contributed by atoms with E-state index in [0.29, 0.717) is 6.42 Å². The molecule has 0 saturated heterocycles. The Labute approximate surface area is 81.1 Å². The molecule has 0 amide bonds. The molecule has 0 aromatic heterocycles. The van der Waals surface area contributed by atoms with Crippen molar-refractivity contribution in [3.63, 3.8) is 0 Å². The number of carboxylic acids is 1. The monoisotopic (exact) mass is 197 g/mol. The fourth-order valence-electron chi connectivity index (χ4n) is 0.960. The van der Waals surface area contributed by atoms with Crippen LogP contribution in [0.1, 0.15) is 12.8 Å². The van der Waals surface area contributed by atoms with Gasteiger partial charge in [0.05, 0.1) is 6.61 Å². The van der Waals surface area contributed by atoms with Crippen LogP contribution in [0.3, 0.4) is 0 Å². The van der Waals surface area contributed by atoms with E-state index < -0.39 is 11.8 Å². The zero-order chi connectivity index (χ0) is 10.4. The summed E-state index contributed by atoms with van der Waals surface area (Å²) in [5.41, 5.74) is 0. The summed E-state index contributed by atoms with van der Waals surface area (Å²) < 4.78 is 17.9. The van der Waals surface area contributed by atoms with Crippen molar-refractivity contribution in [2.24, 2.45) is 0 Å². The third-order valence-electron chi connectivity index (χ3n) is 1.62. The Bertz CT molecular complexity index is 312. The van der Waals surface area contributed by atoms with Gasteiger partial charge in [-0.25, -0.2) is 4.39 Å². The number of carbonyl (C=O) groups excluding carboxylic acids is 1. The van der Waals surface area contributed by atoms with Crippen LogP contribution < -0.4 is 9.84 Å². The average molecular weight is 197 g/mol. The van der Waals surface area contributed by atoms with E-state index in [0.717, 1.165) is 0 Å². The summed E-state index contributed by atoms with van der Waals surface area (Å²) in [7, 11) is 0. The number of benzene rings is 1. The number of para-hydroxylation sites is 1. The highest BCUT2D eigenvalue weighted by atomic mass is 19.1. The van der Waals surface area contributed by atoms with E-state index in [-0.39, 0.29) is 18.8 Å². The van der Waals surface area contributed by atoms with E-state index >= 15 is 0 Å². The van der Waals surface area contributed by atoms with Crippen molar-refractivity contribution >= 4 is 5.97 Å². The molecule has 4 heteroatoms. The highest BCUT2D eigenvalue weighted by Crippen LogP contribution is 2.15. The van der Waals surface area contributed by atoms with E-state index in [1.165, 1.54) is 12.1 Å². The predicted molar refractivity (Wildman–Crippen MR) is 46.1 cm³/mol. The van der Waals surface area contributed by atoms with Crippen LogP contribution in [-0.2, 0) is 4.79 Å². The van der Waals surface area contributed by atoms with Gasteiger partial charge < -0.3 is 14.6 Å². The summed E-state index contributed by atoms with van der Waals surface area (Å²) >= 11 is 0. The zero-order valence-corrected chi connectivity index (χ0v) is 7.53. The molecule has 1 rings (SSSR count). The van der Waals surface area contributed by atoms with Crippen molar-refractivity contribution in [2.45, 2.75) is 12.8 Å². The van der Waals surface area contributed by atoms with Gasteiger partial charge in [0.25, 0.3) is 0 Å². The average Bonchev–Trinajstić information content (AvgIpc) is 2.15. The normalized spacial score (nSPS) is 9.79. The first kappa shape index (κ1) is 10.5. The predicted octanol–water partition coefficient (Wildman–Crippen LogP) is 0.735. The Hall–Kier alpha value is -1.58. The van der Waals surface area contributed by atoms with Gasteiger partial charge in [-0.2, -0.15) is 0 Å². The second kappa shape index (κ2) is 5.21. The SMILES string of the molecule is O=C([O-])CCCOc1ccccc1F. The number of hydrogen-bond acceptors (Lipinski definition) is 3. The second-order valence-corrected chi connectivity index (χ2v) is 2.75.